The molecule has 0 unspecified atom stereocenters. The molecule has 0 aliphatic rings. The number of ether oxygens (including phenoxy) is 2. The number of imidazole rings is 1. The molecule has 0 fully saturated rings. The Morgan fingerprint density at radius 3 is 1.91 bits per heavy atom. The first-order valence-corrected chi connectivity index (χ1v) is 10.7. The Balaban J connectivity index is 2.17. The van der Waals surface area contributed by atoms with Gasteiger partial charge in [0.25, 0.3) is 0 Å². The van der Waals surface area contributed by atoms with Crippen molar-refractivity contribution in [1.82, 2.24) is 19.5 Å². The summed E-state index contributed by atoms with van der Waals surface area (Å²) in [5.41, 5.74) is 3.28. The number of benzene rings is 1. The van der Waals surface area contributed by atoms with Gasteiger partial charge in [-0.2, -0.15) is 4.90 Å². The lowest BCUT2D eigenvalue weighted by Gasteiger charge is -2.28. The molecule has 2 amide bonds. The Hall–Kier alpha value is -3.49. The summed E-state index contributed by atoms with van der Waals surface area (Å²) >= 11 is 0. The molecule has 0 bridgehead atoms. The fourth-order valence-electron chi connectivity index (χ4n) is 3.23. The maximum atomic E-state index is 13.1. The van der Waals surface area contributed by atoms with E-state index in [1.165, 1.54) is 11.9 Å². The predicted molar refractivity (Wildman–Crippen MR) is 126 cm³/mol. The lowest BCUT2D eigenvalue weighted by atomic mass is 10.0. The van der Waals surface area contributed by atoms with E-state index in [9.17, 15) is 9.59 Å². The van der Waals surface area contributed by atoms with Crippen LogP contribution >= 0.6 is 0 Å². The zero-order valence-corrected chi connectivity index (χ0v) is 20.7. The van der Waals surface area contributed by atoms with Gasteiger partial charge in [-0.15, -0.1) is 0 Å². The number of aryl methyl sites for hydroxylation is 3. The molecule has 9 nitrogen and oxygen atoms in total. The van der Waals surface area contributed by atoms with E-state index in [-0.39, 0.29) is 11.3 Å². The van der Waals surface area contributed by atoms with Gasteiger partial charge in [-0.3, -0.25) is 4.57 Å². The standard InChI is InChI=1S/C24H31N5O4/c1-14-10-16(3)17(11-15(14)2)28-13-27-18-19(28)25-12-26-20(18)29(21(30)32-23(4,5)6)22(31)33-24(7,8)9/h10-13H,1-9H3. The number of carbonyl (C=O) groups excluding carboxylic acids is 2. The van der Waals surface area contributed by atoms with Gasteiger partial charge in [-0.05, 0) is 85.1 Å². The highest BCUT2D eigenvalue weighted by Gasteiger charge is 2.35. The van der Waals surface area contributed by atoms with Crippen LogP contribution in [0, 0.1) is 20.8 Å². The summed E-state index contributed by atoms with van der Waals surface area (Å²) in [6.45, 7) is 16.4. The van der Waals surface area contributed by atoms with E-state index in [0.717, 1.165) is 21.7 Å². The number of aromatic nitrogens is 4. The van der Waals surface area contributed by atoms with Crippen LogP contribution in [-0.4, -0.2) is 42.9 Å². The van der Waals surface area contributed by atoms with Crippen molar-refractivity contribution < 1.29 is 19.1 Å². The quantitative estimate of drug-likeness (QED) is 0.511. The van der Waals surface area contributed by atoms with Crippen molar-refractivity contribution >= 4 is 29.2 Å². The molecule has 33 heavy (non-hydrogen) atoms. The Morgan fingerprint density at radius 1 is 0.818 bits per heavy atom. The van der Waals surface area contributed by atoms with E-state index in [4.69, 9.17) is 9.47 Å². The molecule has 1 aromatic carbocycles. The molecular formula is C24H31N5O4. The SMILES string of the molecule is Cc1cc(C)c(-n2cnc3c(N(C(=O)OC(C)(C)C)C(=O)OC(C)(C)C)ncnc32)cc1C. The number of amides is 2. The monoisotopic (exact) mass is 453 g/mol. The van der Waals surface area contributed by atoms with E-state index in [0.29, 0.717) is 5.65 Å². The highest BCUT2D eigenvalue weighted by Crippen LogP contribution is 2.28. The van der Waals surface area contributed by atoms with Crippen LogP contribution in [0.2, 0.25) is 0 Å². The summed E-state index contributed by atoms with van der Waals surface area (Å²) < 4.78 is 12.7. The molecule has 0 saturated heterocycles. The van der Waals surface area contributed by atoms with Crippen molar-refractivity contribution in [2.75, 3.05) is 4.90 Å². The molecule has 9 heteroatoms. The Labute approximate surface area is 193 Å². The highest BCUT2D eigenvalue weighted by molar-refractivity contribution is 6.12. The van der Waals surface area contributed by atoms with Gasteiger partial charge < -0.3 is 9.47 Å². The van der Waals surface area contributed by atoms with Gasteiger partial charge in [0.1, 0.15) is 23.9 Å². The topological polar surface area (TPSA) is 99.4 Å². The Morgan fingerprint density at radius 2 is 1.36 bits per heavy atom. The maximum Gasteiger partial charge on any atom is 0.425 e. The van der Waals surface area contributed by atoms with E-state index in [2.05, 4.69) is 27.9 Å². The van der Waals surface area contributed by atoms with Crippen LogP contribution in [0.1, 0.15) is 58.2 Å². The first-order chi connectivity index (χ1) is 15.2. The van der Waals surface area contributed by atoms with Gasteiger partial charge in [0, 0.05) is 0 Å². The van der Waals surface area contributed by atoms with Crippen LogP contribution in [0.4, 0.5) is 15.4 Å². The van der Waals surface area contributed by atoms with Gasteiger partial charge in [0.05, 0.1) is 5.69 Å². The summed E-state index contributed by atoms with van der Waals surface area (Å²) in [6, 6.07) is 4.14. The van der Waals surface area contributed by atoms with Crippen molar-refractivity contribution in [2.24, 2.45) is 0 Å². The molecule has 2 heterocycles. The summed E-state index contributed by atoms with van der Waals surface area (Å²) in [6.07, 6.45) is 1.07. The molecule has 2 aromatic heterocycles. The molecule has 3 rings (SSSR count). The fourth-order valence-corrected chi connectivity index (χ4v) is 3.23. The van der Waals surface area contributed by atoms with Crippen LogP contribution in [-0.2, 0) is 9.47 Å². The van der Waals surface area contributed by atoms with Crippen LogP contribution in [0.3, 0.4) is 0 Å². The summed E-state index contributed by atoms with van der Waals surface area (Å²) in [7, 11) is 0. The average molecular weight is 454 g/mol. The average Bonchev–Trinajstić information content (AvgIpc) is 3.06. The summed E-state index contributed by atoms with van der Waals surface area (Å²) in [5, 5.41) is 0. The number of nitrogens with zero attached hydrogens (tertiary/aromatic N) is 5. The number of carbonyl (C=O) groups is 2. The lowest BCUT2D eigenvalue weighted by molar-refractivity contribution is 0.0429. The van der Waals surface area contributed by atoms with E-state index < -0.39 is 23.4 Å². The highest BCUT2D eigenvalue weighted by atomic mass is 16.6. The van der Waals surface area contributed by atoms with Gasteiger partial charge >= 0.3 is 12.2 Å². The second-order valence-corrected chi connectivity index (χ2v) is 10.0. The number of fused-ring (bicyclic) bond motifs is 1. The number of hydrogen-bond acceptors (Lipinski definition) is 7. The van der Waals surface area contributed by atoms with Gasteiger partial charge in [-0.25, -0.2) is 24.5 Å². The van der Waals surface area contributed by atoms with Crippen molar-refractivity contribution in [3.8, 4) is 5.69 Å². The van der Waals surface area contributed by atoms with Crippen LogP contribution in [0.5, 0.6) is 0 Å². The van der Waals surface area contributed by atoms with E-state index >= 15 is 0 Å². The zero-order valence-electron chi connectivity index (χ0n) is 20.7. The Kier molecular flexibility index (Phi) is 6.19. The lowest BCUT2D eigenvalue weighted by Crippen LogP contribution is -2.44. The molecule has 176 valence electrons. The molecular weight excluding hydrogens is 422 g/mol. The largest absolute Gasteiger partial charge is 0.443 e. The van der Waals surface area contributed by atoms with Crippen molar-refractivity contribution in [1.29, 1.82) is 0 Å². The van der Waals surface area contributed by atoms with Gasteiger partial charge in [0.15, 0.2) is 17.0 Å². The smallest absolute Gasteiger partial charge is 0.425 e. The molecule has 0 atom stereocenters. The second kappa shape index (κ2) is 8.46. The molecule has 0 N–H and O–H groups in total. The van der Waals surface area contributed by atoms with Crippen LogP contribution in [0.15, 0.2) is 24.8 Å². The summed E-state index contributed by atoms with van der Waals surface area (Å²) in [4.78, 5) is 39.9. The minimum absolute atomic E-state index is 0.0104. The van der Waals surface area contributed by atoms with E-state index in [1.807, 2.05) is 24.5 Å². The molecule has 0 aliphatic carbocycles. The zero-order chi connectivity index (χ0) is 24.7. The number of imide groups is 1. The van der Waals surface area contributed by atoms with E-state index in [1.54, 1.807) is 47.9 Å². The predicted octanol–water partition coefficient (Wildman–Crippen LogP) is 5.42. The molecule has 0 radical (unpaired) electrons. The second-order valence-electron chi connectivity index (χ2n) is 10.0. The van der Waals surface area contributed by atoms with Crippen molar-refractivity contribution in [2.45, 2.75) is 73.5 Å². The normalized spacial score (nSPS) is 12.0. The first kappa shape index (κ1) is 24.2. The molecule has 0 spiro atoms. The fraction of sp³-hybridized carbons (Fsp3) is 0.458. The maximum absolute atomic E-state index is 13.1. The van der Waals surface area contributed by atoms with Gasteiger partial charge in [0.2, 0.25) is 0 Å². The Bertz CT molecular complexity index is 1190. The minimum Gasteiger partial charge on any atom is -0.443 e. The third-order valence-corrected chi connectivity index (χ3v) is 4.75. The molecule has 3 aromatic rings. The van der Waals surface area contributed by atoms with Crippen LogP contribution < -0.4 is 4.90 Å². The third-order valence-electron chi connectivity index (χ3n) is 4.75. The van der Waals surface area contributed by atoms with Gasteiger partial charge in [-0.1, -0.05) is 6.07 Å². The molecule has 0 saturated carbocycles. The summed E-state index contributed by atoms with van der Waals surface area (Å²) in [5.74, 6) is -0.0104. The first-order valence-electron chi connectivity index (χ1n) is 10.7. The minimum atomic E-state index is -0.909. The molecule has 0 aliphatic heterocycles. The van der Waals surface area contributed by atoms with Crippen LogP contribution in [0.25, 0.3) is 16.9 Å². The number of anilines is 1. The van der Waals surface area contributed by atoms with Crippen molar-refractivity contribution in [3.63, 3.8) is 0 Å². The number of hydrogen-bond donors (Lipinski definition) is 0. The number of rotatable bonds is 2. The van der Waals surface area contributed by atoms with Crippen molar-refractivity contribution in [3.05, 3.63) is 41.5 Å². The third kappa shape index (κ3) is 5.30.